The number of hydrogen-bond acceptors (Lipinski definition) is 5. The van der Waals surface area contributed by atoms with E-state index in [-0.39, 0.29) is 24.9 Å². The van der Waals surface area contributed by atoms with Crippen LogP contribution < -0.4 is 5.32 Å². The molecule has 3 aliphatic heterocycles. The highest BCUT2D eigenvalue weighted by Crippen LogP contribution is 2.51. The molecule has 28 heavy (non-hydrogen) atoms. The standard InChI is InChI=1S/C21H24N2O5/c1-20(2,3)28-19(26)22-12-21-10-9-14(27-21)15-16(21)18(25)23(17(15)24)11-13-7-5-4-6-8-13/h4-10,14-16H,11-12H2,1-3H3,(H,22,26)/t14-,15-,16-,21+/m1/s1. The quantitative estimate of drug-likeness (QED) is 0.634. The first-order valence-electron chi connectivity index (χ1n) is 9.43. The van der Waals surface area contributed by atoms with Crippen molar-refractivity contribution in [2.75, 3.05) is 6.54 Å². The van der Waals surface area contributed by atoms with E-state index in [9.17, 15) is 14.4 Å². The number of nitrogens with zero attached hydrogens (tertiary/aromatic N) is 1. The Balaban J connectivity index is 1.51. The van der Waals surface area contributed by atoms with Gasteiger partial charge in [-0.1, -0.05) is 42.5 Å². The third-order valence-electron chi connectivity index (χ3n) is 5.34. The molecule has 1 N–H and O–H groups in total. The van der Waals surface area contributed by atoms with Gasteiger partial charge in [0.05, 0.1) is 31.0 Å². The number of nitrogens with one attached hydrogen (secondary N) is 1. The monoisotopic (exact) mass is 384 g/mol. The van der Waals surface area contributed by atoms with E-state index in [1.807, 2.05) is 36.4 Å². The molecule has 3 aliphatic rings. The van der Waals surface area contributed by atoms with E-state index in [2.05, 4.69) is 5.32 Å². The maximum Gasteiger partial charge on any atom is 0.407 e. The van der Waals surface area contributed by atoms with Crippen LogP contribution in [0, 0.1) is 11.8 Å². The number of carbonyl (C=O) groups is 3. The highest BCUT2D eigenvalue weighted by atomic mass is 16.6. The lowest BCUT2D eigenvalue weighted by Crippen LogP contribution is -2.49. The maximum absolute atomic E-state index is 13.1. The third kappa shape index (κ3) is 3.09. The van der Waals surface area contributed by atoms with Crippen LogP contribution >= 0.6 is 0 Å². The van der Waals surface area contributed by atoms with Gasteiger partial charge < -0.3 is 14.8 Å². The van der Waals surface area contributed by atoms with Gasteiger partial charge in [0.1, 0.15) is 11.2 Å². The predicted octanol–water partition coefficient (Wildman–Crippen LogP) is 2.02. The summed E-state index contributed by atoms with van der Waals surface area (Å²) in [5.74, 6) is -1.64. The van der Waals surface area contributed by atoms with Crippen LogP contribution in [0.1, 0.15) is 26.3 Å². The molecule has 2 saturated heterocycles. The second-order valence-electron chi connectivity index (χ2n) is 8.50. The molecule has 0 aliphatic carbocycles. The van der Waals surface area contributed by atoms with Crippen molar-refractivity contribution >= 4 is 17.9 Å². The lowest BCUT2D eigenvalue weighted by Gasteiger charge is -2.29. The van der Waals surface area contributed by atoms with Crippen LogP contribution in [0.4, 0.5) is 4.79 Å². The first kappa shape index (κ1) is 18.7. The Morgan fingerprint density at radius 3 is 2.61 bits per heavy atom. The number of rotatable bonds is 4. The molecule has 1 aromatic rings. The molecule has 0 spiro atoms. The van der Waals surface area contributed by atoms with Crippen LogP contribution in [0.3, 0.4) is 0 Å². The maximum atomic E-state index is 13.1. The smallest absolute Gasteiger partial charge is 0.407 e. The minimum atomic E-state index is -1.01. The van der Waals surface area contributed by atoms with Crippen LogP contribution in [-0.2, 0) is 25.6 Å². The van der Waals surface area contributed by atoms with Crippen LogP contribution in [0.2, 0.25) is 0 Å². The van der Waals surface area contributed by atoms with Gasteiger partial charge >= 0.3 is 6.09 Å². The van der Waals surface area contributed by atoms with E-state index in [4.69, 9.17) is 9.47 Å². The second kappa shape index (κ2) is 6.44. The van der Waals surface area contributed by atoms with Crippen LogP contribution in [0.5, 0.6) is 0 Å². The summed E-state index contributed by atoms with van der Waals surface area (Å²) in [4.78, 5) is 39.4. The molecule has 2 fully saturated rings. The molecule has 1 aromatic carbocycles. The normalized spacial score (nSPS) is 30.7. The number of imide groups is 1. The number of amides is 3. The van der Waals surface area contributed by atoms with Gasteiger partial charge in [-0.15, -0.1) is 0 Å². The molecule has 0 saturated carbocycles. The van der Waals surface area contributed by atoms with Gasteiger partial charge in [-0.2, -0.15) is 0 Å². The molecule has 148 valence electrons. The Bertz CT molecular complexity index is 844. The van der Waals surface area contributed by atoms with Gasteiger partial charge in [0, 0.05) is 0 Å². The SMILES string of the molecule is CC(C)(C)OC(=O)NC[C@]12C=C[C@@H](O1)[C@H]1C(=O)N(Cc3ccccc3)C(=O)[C@@H]12. The summed E-state index contributed by atoms with van der Waals surface area (Å²) in [6.45, 7) is 5.65. The van der Waals surface area contributed by atoms with Crippen molar-refractivity contribution in [3.8, 4) is 0 Å². The van der Waals surface area contributed by atoms with Crippen molar-refractivity contribution in [1.29, 1.82) is 0 Å². The number of ether oxygens (including phenoxy) is 2. The first-order valence-corrected chi connectivity index (χ1v) is 9.43. The van der Waals surface area contributed by atoms with Gasteiger partial charge in [-0.25, -0.2) is 4.79 Å². The summed E-state index contributed by atoms with van der Waals surface area (Å²) in [6.07, 6.45) is 2.59. The first-order chi connectivity index (χ1) is 13.2. The zero-order chi connectivity index (χ0) is 20.1. The van der Waals surface area contributed by atoms with E-state index in [1.165, 1.54) is 4.90 Å². The molecular formula is C21H24N2O5. The van der Waals surface area contributed by atoms with E-state index < -0.39 is 35.2 Å². The van der Waals surface area contributed by atoms with Gasteiger partial charge in [-0.05, 0) is 26.3 Å². The molecule has 7 heteroatoms. The van der Waals surface area contributed by atoms with Crippen molar-refractivity contribution in [3.63, 3.8) is 0 Å². The van der Waals surface area contributed by atoms with Crippen LogP contribution in [0.15, 0.2) is 42.5 Å². The molecule has 0 radical (unpaired) electrons. The summed E-state index contributed by atoms with van der Waals surface area (Å²) in [6, 6.07) is 9.42. The number of alkyl carbamates (subject to hydrolysis) is 1. The molecule has 0 unspecified atom stereocenters. The van der Waals surface area contributed by atoms with Crippen molar-refractivity contribution in [1.82, 2.24) is 10.2 Å². The highest BCUT2D eigenvalue weighted by Gasteiger charge is 2.67. The van der Waals surface area contributed by atoms with Crippen molar-refractivity contribution in [2.45, 2.75) is 44.6 Å². The van der Waals surface area contributed by atoms with Gasteiger partial charge in [-0.3, -0.25) is 14.5 Å². The summed E-state index contributed by atoms with van der Waals surface area (Å²) in [5, 5.41) is 2.69. The van der Waals surface area contributed by atoms with Gasteiger partial charge in [0.15, 0.2) is 0 Å². The van der Waals surface area contributed by atoms with Gasteiger partial charge in [0.2, 0.25) is 11.8 Å². The number of carbonyl (C=O) groups excluding carboxylic acids is 3. The second-order valence-corrected chi connectivity index (χ2v) is 8.50. The Labute approximate surface area is 163 Å². The average Bonchev–Trinajstić information content (AvgIpc) is 3.26. The largest absolute Gasteiger partial charge is 0.444 e. The van der Waals surface area contributed by atoms with Gasteiger partial charge in [0.25, 0.3) is 0 Å². The van der Waals surface area contributed by atoms with E-state index >= 15 is 0 Å². The fraction of sp³-hybridized carbons (Fsp3) is 0.476. The number of hydrogen-bond donors (Lipinski definition) is 1. The Hall–Kier alpha value is -2.67. The van der Waals surface area contributed by atoms with Crippen molar-refractivity contribution < 1.29 is 23.9 Å². The zero-order valence-corrected chi connectivity index (χ0v) is 16.2. The molecular weight excluding hydrogens is 360 g/mol. The molecule has 7 nitrogen and oxygen atoms in total. The Morgan fingerprint density at radius 1 is 1.21 bits per heavy atom. The summed E-state index contributed by atoms with van der Waals surface area (Å²) >= 11 is 0. The summed E-state index contributed by atoms with van der Waals surface area (Å²) in [7, 11) is 0. The molecule has 0 aromatic heterocycles. The lowest BCUT2D eigenvalue weighted by atomic mass is 9.77. The minimum absolute atomic E-state index is 0.0777. The highest BCUT2D eigenvalue weighted by molar-refractivity contribution is 6.07. The molecule has 3 amide bonds. The molecule has 4 atom stereocenters. The lowest BCUT2D eigenvalue weighted by molar-refractivity contribution is -0.144. The predicted molar refractivity (Wildman–Crippen MR) is 100.0 cm³/mol. The topological polar surface area (TPSA) is 84.9 Å². The fourth-order valence-corrected chi connectivity index (χ4v) is 4.21. The third-order valence-corrected chi connectivity index (χ3v) is 5.34. The Kier molecular flexibility index (Phi) is 4.30. The zero-order valence-electron chi connectivity index (χ0n) is 16.2. The van der Waals surface area contributed by atoms with Crippen molar-refractivity contribution in [2.24, 2.45) is 11.8 Å². The van der Waals surface area contributed by atoms with E-state index in [1.54, 1.807) is 26.8 Å². The number of benzene rings is 1. The van der Waals surface area contributed by atoms with E-state index in [0.29, 0.717) is 0 Å². The van der Waals surface area contributed by atoms with Crippen LogP contribution in [-0.4, -0.2) is 46.7 Å². The summed E-state index contributed by atoms with van der Waals surface area (Å²) < 4.78 is 11.3. The minimum Gasteiger partial charge on any atom is -0.444 e. The molecule has 3 heterocycles. The Morgan fingerprint density at radius 2 is 1.93 bits per heavy atom. The van der Waals surface area contributed by atoms with Crippen LogP contribution in [0.25, 0.3) is 0 Å². The van der Waals surface area contributed by atoms with Crippen molar-refractivity contribution in [3.05, 3.63) is 48.0 Å². The van der Waals surface area contributed by atoms with E-state index in [0.717, 1.165) is 5.56 Å². The molecule has 2 bridgehead atoms. The average molecular weight is 384 g/mol. The number of likely N-dealkylation sites (tertiary alicyclic amines) is 1. The fourth-order valence-electron chi connectivity index (χ4n) is 4.21. The molecule has 4 rings (SSSR count). The summed E-state index contributed by atoms with van der Waals surface area (Å²) in [5.41, 5.74) is -0.739. The number of fused-ring (bicyclic) bond motifs is 5.